The van der Waals surface area contributed by atoms with E-state index < -0.39 is 0 Å². The number of piperidine rings is 1. The Hall–Kier alpha value is -0.690. The summed E-state index contributed by atoms with van der Waals surface area (Å²) in [6.45, 7) is 14.4. The van der Waals surface area contributed by atoms with Crippen molar-refractivity contribution >= 4 is 5.91 Å². The van der Waals surface area contributed by atoms with E-state index in [0.717, 1.165) is 59.0 Å². The smallest absolute Gasteiger partial charge is 0.236 e. The number of morpholine rings is 1. The second kappa shape index (κ2) is 9.86. The Bertz CT molecular complexity index is 406. The van der Waals surface area contributed by atoms with Crippen molar-refractivity contribution in [2.45, 2.75) is 38.6 Å². The van der Waals surface area contributed by atoms with Crippen LogP contribution in [0, 0.1) is 0 Å². The molecule has 0 aliphatic carbocycles. The fourth-order valence-electron chi connectivity index (χ4n) is 4.26. The molecule has 0 unspecified atom stereocenters. The van der Waals surface area contributed by atoms with Crippen molar-refractivity contribution in [2.75, 3.05) is 78.7 Å². The van der Waals surface area contributed by atoms with Crippen LogP contribution in [-0.2, 0) is 9.53 Å². The van der Waals surface area contributed by atoms with Crippen molar-refractivity contribution in [3.63, 3.8) is 0 Å². The average molecular weight is 353 g/mol. The predicted molar refractivity (Wildman–Crippen MR) is 99.8 cm³/mol. The maximum Gasteiger partial charge on any atom is 0.236 e. The summed E-state index contributed by atoms with van der Waals surface area (Å²) in [7, 11) is 0. The zero-order valence-electron chi connectivity index (χ0n) is 16.0. The van der Waals surface area contributed by atoms with Gasteiger partial charge in [0.2, 0.25) is 5.91 Å². The Balaban J connectivity index is 1.29. The van der Waals surface area contributed by atoms with Crippen LogP contribution in [0.4, 0.5) is 0 Å². The molecule has 0 saturated carbocycles. The highest BCUT2D eigenvalue weighted by Crippen LogP contribution is 2.17. The van der Waals surface area contributed by atoms with Crippen LogP contribution in [0.2, 0.25) is 0 Å². The lowest BCUT2D eigenvalue weighted by molar-refractivity contribution is -0.136. The Kier molecular flexibility index (Phi) is 7.52. The molecule has 3 saturated heterocycles. The van der Waals surface area contributed by atoms with Gasteiger partial charge in [-0.05, 0) is 45.7 Å². The van der Waals surface area contributed by atoms with Gasteiger partial charge >= 0.3 is 0 Å². The second-order valence-electron chi connectivity index (χ2n) is 7.86. The third kappa shape index (κ3) is 5.91. The second-order valence-corrected chi connectivity index (χ2v) is 7.86. The molecule has 1 atom stereocenters. The first kappa shape index (κ1) is 19.1. The minimum absolute atomic E-state index is 0.341. The fourth-order valence-corrected chi connectivity index (χ4v) is 4.26. The van der Waals surface area contributed by atoms with E-state index in [0.29, 0.717) is 18.5 Å². The van der Waals surface area contributed by atoms with Crippen molar-refractivity contribution in [1.29, 1.82) is 0 Å². The average Bonchev–Trinajstić information content (AvgIpc) is 2.64. The summed E-state index contributed by atoms with van der Waals surface area (Å²) in [6, 6.07) is 0.433. The molecule has 1 amide bonds. The van der Waals surface area contributed by atoms with Crippen molar-refractivity contribution in [3.8, 4) is 0 Å². The Labute approximate surface area is 153 Å². The normalized spacial score (nSPS) is 27.6. The molecule has 0 aromatic carbocycles. The lowest BCUT2D eigenvalue weighted by Crippen LogP contribution is -2.52. The van der Waals surface area contributed by atoms with Gasteiger partial charge in [-0.3, -0.25) is 14.6 Å². The number of rotatable bonds is 6. The molecule has 3 fully saturated rings. The molecule has 3 rings (SSSR count). The number of hydrogen-bond donors (Lipinski definition) is 0. The van der Waals surface area contributed by atoms with E-state index in [-0.39, 0.29) is 0 Å². The highest BCUT2D eigenvalue weighted by atomic mass is 16.5. The van der Waals surface area contributed by atoms with Crippen LogP contribution in [0.25, 0.3) is 0 Å². The van der Waals surface area contributed by atoms with E-state index in [1.807, 2.05) is 0 Å². The number of likely N-dealkylation sites (tertiary alicyclic amines) is 1. The maximum atomic E-state index is 12.6. The van der Waals surface area contributed by atoms with E-state index in [2.05, 4.69) is 26.5 Å². The molecule has 0 spiro atoms. The molecule has 0 N–H and O–H groups in total. The molecule has 0 bridgehead atoms. The lowest BCUT2D eigenvalue weighted by Gasteiger charge is -2.38. The van der Waals surface area contributed by atoms with Gasteiger partial charge in [0.15, 0.2) is 0 Å². The third-order valence-corrected chi connectivity index (χ3v) is 6.00. The maximum absolute atomic E-state index is 12.6. The molecule has 0 aromatic rings. The molecule has 6 nitrogen and oxygen atoms in total. The first-order valence-corrected chi connectivity index (χ1v) is 10.3. The topological polar surface area (TPSA) is 39.3 Å². The molecule has 25 heavy (non-hydrogen) atoms. The standard InChI is InChI=1S/C19H36N4O2/c1-18-5-2-3-8-23(18)19(24)17-22-11-9-20(10-12-22)6-4-7-21-13-15-25-16-14-21/h18H,2-17H2,1H3/t18-/m0/s1. The van der Waals surface area contributed by atoms with Gasteiger partial charge in [0.05, 0.1) is 19.8 Å². The number of amides is 1. The molecule has 6 heteroatoms. The minimum Gasteiger partial charge on any atom is -0.379 e. The lowest BCUT2D eigenvalue weighted by atomic mass is 10.0. The van der Waals surface area contributed by atoms with Crippen LogP contribution >= 0.6 is 0 Å². The van der Waals surface area contributed by atoms with E-state index in [1.165, 1.54) is 38.8 Å². The van der Waals surface area contributed by atoms with E-state index >= 15 is 0 Å². The van der Waals surface area contributed by atoms with Crippen LogP contribution in [0.1, 0.15) is 32.6 Å². The van der Waals surface area contributed by atoms with Gasteiger partial charge in [-0.1, -0.05) is 0 Å². The van der Waals surface area contributed by atoms with Gasteiger partial charge in [-0.2, -0.15) is 0 Å². The summed E-state index contributed by atoms with van der Waals surface area (Å²) in [5.41, 5.74) is 0. The van der Waals surface area contributed by atoms with E-state index in [9.17, 15) is 4.79 Å². The first-order valence-electron chi connectivity index (χ1n) is 10.3. The summed E-state index contributed by atoms with van der Waals surface area (Å²) < 4.78 is 5.40. The largest absolute Gasteiger partial charge is 0.379 e. The number of piperazine rings is 1. The monoisotopic (exact) mass is 352 g/mol. The van der Waals surface area contributed by atoms with Gasteiger partial charge in [-0.25, -0.2) is 0 Å². The molecular weight excluding hydrogens is 316 g/mol. The summed E-state index contributed by atoms with van der Waals surface area (Å²) in [4.78, 5) is 22.1. The zero-order valence-corrected chi connectivity index (χ0v) is 16.0. The molecular formula is C19H36N4O2. The van der Waals surface area contributed by atoms with Crippen LogP contribution in [0.5, 0.6) is 0 Å². The fraction of sp³-hybridized carbons (Fsp3) is 0.947. The summed E-state index contributed by atoms with van der Waals surface area (Å²) in [5.74, 6) is 0.341. The van der Waals surface area contributed by atoms with Crippen molar-refractivity contribution in [3.05, 3.63) is 0 Å². The van der Waals surface area contributed by atoms with Crippen LogP contribution in [0.3, 0.4) is 0 Å². The van der Waals surface area contributed by atoms with Crippen molar-refractivity contribution < 1.29 is 9.53 Å². The van der Waals surface area contributed by atoms with Gasteiger partial charge in [-0.15, -0.1) is 0 Å². The van der Waals surface area contributed by atoms with E-state index in [1.54, 1.807) is 0 Å². The third-order valence-electron chi connectivity index (χ3n) is 6.00. The number of ether oxygens (including phenoxy) is 1. The Morgan fingerprint density at radius 2 is 1.52 bits per heavy atom. The van der Waals surface area contributed by atoms with Crippen LogP contribution in [0.15, 0.2) is 0 Å². The molecule has 0 radical (unpaired) electrons. The summed E-state index contributed by atoms with van der Waals surface area (Å²) >= 11 is 0. The van der Waals surface area contributed by atoms with Crippen molar-refractivity contribution in [2.24, 2.45) is 0 Å². The van der Waals surface area contributed by atoms with Gasteiger partial charge in [0.25, 0.3) is 0 Å². The van der Waals surface area contributed by atoms with Crippen molar-refractivity contribution in [1.82, 2.24) is 19.6 Å². The summed E-state index contributed by atoms with van der Waals surface area (Å²) in [5, 5.41) is 0. The molecule has 144 valence electrons. The number of hydrogen-bond acceptors (Lipinski definition) is 5. The predicted octanol–water partition coefficient (Wildman–Crippen LogP) is 0.727. The number of carbonyl (C=O) groups excluding carboxylic acids is 1. The molecule has 3 aliphatic rings. The molecule has 3 aliphatic heterocycles. The van der Waals surface area contributed by atoms with Crippen LogP contribution < -0.4 is 0 Å². The van der Waals surface area contributed by atoms with Gasteiger partial charge in [0.1, 0.15) is 0 Å². The molecule has 3 heterocycles. The molecule has 0 aromatic heterocycles. The summed E-state index contributed by atoms with van der Waals surface area (Å²) in [6.07, 6.45) is 4.86. The highest BCUT2D eigenvalue weighted by Gasteiger charge is 2.26. The Morgan fingerprint density at radius 3 is 2.20 bits per heavy atom. The Morgan fingerprint density at radius 1 is 0.880 bits per heavy atom. The van der Waals surface area contributed by atoms with Gasteiger partial charge < -0.3 is 14.5 Å². The highest BCUT2D eigenvalue weighted by molar-refractivity contribution is 5.78. The first-order chi connectivity index (χ1) is 12.2. The zero-order chi connectivity index (χ0) is 17.5. The number of carbonyl (C=O) groups is 1. The van der Waals surface area contributed by atoms with E-state index in [4.69, 9.17) is 4.74 Å². The SMILES string of the molecule is C[C@H]1CCCCN1C(=O)CN1CCN(CCCN2CCOCC2)CC1. The number of nitrogens with zero attached hydrogens (tertiary/aromatic N) is 4. The van der Waals surface area contributed by atoms with Crippen LogP contribution in [-0.4, -0.2) is 110 Å². The van der Waals surface area contributed by atoms with Gasteiger partial charge in [0, 0.05) is 51.9 Å². The quantitative estimate of drug-likeness (QED) is 0.705. The minimum atomic E-state index is 0.341.